The molecule has 0 saturated carbocycles. The summed E-state index contributed by atoms with van der Waals surface area (Å²) < 4.78 is 5.78. The van der Waals surface area contributed by atoms with Crippen LogP contribution in [0.25, 0.3) is 0 Å². The maximum absolute atomic E-state index is 6.14. The zero-order valence-electron chi connectivity index (χ0n) is 10.6. The summed E-state index contributed by atoms with van der Waals surface area (Å²) in [7, 11) is 0. The summed E-state index contributed by atoms with van der Waals surface area (Å²) in [5, 5.41) is 4.36. The van der Waals surface area contributed by atoms with E-state index in [2.05, 4.69) is 23.5 Å². The van der Waals surface area contributed by atoms with Gasteiger partial charge in [-0.15, -0.1) is 0 Å². The topological polar surface area (TPSA) is 21.3 Å². The number of rotatable bonds is 1. The molecule has 3 rings (SSSR count). The van der Waals surface area contributed by atoms with Gasteiger partial charge in [0, 0.05) is 29.5 Å². The van der Waals surface area contributed by atoms with E-state index in [-0.39, 0.29) is 0 Å². The zero-order valence-corrected chi connectivity index (χ0v) is 11.4. The van der Waals surface area contributed by atoms with Gasteiger partial charge in [-0.1, -0.05) is 23.7 Å². The van der Waals surface area contributed by atoms with Gasteiger partial charge in [0.2, 0.25) is 0 Å². The summed E-state index contributed by atoms with van der Waals surface area (Å²) in [5.41, 5.74) is 1.69. The Labute approximate surface area is 114 Å². The van der Waals surface area contributed by atoms with E-state index in [1.54, 1.807) is 0 Å². The Hall–Kier alpha value is -0.570. The number of hydrogen-bond donors (Lipinski definition) is 1. The zero-order chi connectivity index (χ0) is 12.4. The van der Waals surface area contributed by atoms with Crippen LogP contribution in [0.4, 0.5) is 0 Å². The van der Waals surface area contributed by atoms with Gasteiger partial charge < -0.3 is 10.1 Å². The molecule has 1 aromatic carbocycles. The summed E-state index contributed by atoms with van der Waals surface area (Å²) in [5.74, 6) is 0.533. The van der Waals surface area contributed by atoms with E-state index in [0.717, 1.165) is 31.3 Å². The molecule has 2 aliphatic heterocycles. The molecule has 0 aliphatic carbocycles. The molecule has 2 heterocycles. The van der Waals surface area contributed by atoms with Crippen molar-refractivity contribution < 1.29 is 4.74 Å². The van der Waals surface area contributed by atoms with Gasteiger partial charge in [-0.25, -0.2) is 0 Å². The Morgan fingerprint density at radius 1 is 1.33 bits per heavy atom. The first-order chi connectivity index (χ1) is 8.80. The Bertz CT molecular complexity index is 406. The predicted molar refractivity (Wildman–Crippen MR) is 74.2 cm³/mol. The summed E-state index contributed by atoms with van der Waals surface area (Å²) >= 11 is 6.14. The van der Waals surface area contributed by atoms with Gasteiger partial charge in [-0.2, -0.15) is 0 Å². The number of nitrogens with one attached hydrogen (secondary N) is 1. The van der Waals surface area contributed by atoms with Crippen LogP contribution in [-0.2, 0) is 4.74 Å². The standard InChI is InChI=1S/C15H20ClNO/c16-13-4-1-3-12(9-13)14-10-17-7-6-15(14)5-2-8-18-11-15/h1,3-4,9,14,17H,2,5-8,10-11H2. The number of piperidine rings is 1. The van der Waals surface area contributed by atoms with Crippen molar-refractivity contribution in [2.75, 3.05) is 26.3 Å². The van der Waals surface area contributed by atoms with Gasteiger partial charge in [0.25, 0.3) is 0 Å². The molecule has 2 nitrogen and oxygen atoms in total. The second-order valence-corrected chi connectivity index (χ2v) is 6.02. The van der Waals surface area contributed by atoms with Crippen molar-refractivity contribution in [1.82, 2.24) is 5.32 Å². The number of ether oxygens (including phenoxy) is 1. The fraction of sp³-hybridized carbons (Fsp3) is 0.600. The lowest BCUT2D eigenvalue weighted by Gasteiger charge is -2.47. The van der Waals surface area contributed by atoms with Crippen molar-refractivity contribution >= 4 is 11.6 Å². The highest BCUT2D eigenvalue weighted by atomic mass is 35.5. The summed E-state index contributed by atoms with van der Waals surface area (Å²) in [4.78, 5) is 0. The van der Waals surface area contributed by atoms with E-state index in [9.17, 15) is 0 Å². The average molecular weight is 266 g/mol. The first-order valence-corrected chi connectivity index (χ1v) is 7.22. The SMILES string of the molecule is Clc1cccc(C2CNCCC23CCCOC3)c1. The lowest BCUT2D eigenvalue weighted by molar-refractivity contribution is -0.0369. The van der Waals surface area contributed by atoms with Gasteiger partial charge >= 0.3 is 0 Å². The minimum atomic E-state index is 0.328. The molecule has 2 fully saturated rings. The average Bonchev–Trinajstić information content (AvgIpc) is 2.40. The summed E-state index contributed by atoms with van der Waals surface area (Å²) in [6, 6.07) is 8.34. The molecule has 2 atom stereocenters. The smallest absolute Gasteiger partial charge is 0.0529 e. The molecule has 1 spiro atoms. The molecule has 0 bridgehead atoms. The van der Waals surface area contributed by atoms with Crippen molar-refractivity contribution in [2.45, 2.75) is 25.2 Å². The third kappa shape index (κ3) is 2.29. The molecule has 98 valence electrons. The fourth-order valence-electron chi connectivity index (χ4n) is 3.52. The second kappa shape index (κ2) is 5.20. The van der Waals surface area contributed by atoms with E-state index < -0.39 is 0 Å². The van der Waals surface area contributed by atoms with Gasteiger partial charge in [-0.3, -0.25) is 0 Å². The van der Waals surface area contributed by atoms with E-state index in [0.29, 0.717) is 11.3 Å². The molecule has 2 unspecified atom stereocenters. The van der Waals surface area contributed by atoms with Crippen molar-refractivity contribution in [3.63, 3.8) is 0 Å². The van der Waals surface area contributed by atoms with Crippen LogP contribution in [0.2, 0.25) is 5.02 Å². The Morgan fingerprint density at radius 2 is 2.28 bits per heavy atom. The maximum atomic E-state index is 6.14. The minimum Gasteiger partial charge on any atom is -0.381 e. The first kappa shape index (κ1) is 12.5. The van der Waals surface area contributed by atoms with Crippen LogP contribution in [0.3, 0.4) is 0 Å². The molecule has 18 heavy (non-hydrogen) atoms. The minimum absolute atomic E-state index is 0.328. The highest BCUT2D eigenvalue weighted by molar-refractivity contribution is 6.30. The van der Waals surface area contributed by atoms with Gasteiger partial charge in [0.15, 0.2) is 0 Å². The Kier molecular flexibility index (Phi) is 3.60. The number of hydrogen-bond acceptors (Lipinski definition) is 2. The van der Waals surface area contributed by atoms with Gasteiger partial charge in [-0.05, 0) is 43.5 Å². The predicted octanol–water partition coefficient (Wildman–Crippen LogP) is 3.21. The Balaban J connectivity index is 1.91. The van der Waals surface area contributed by atoms with Gasteiger partial charge in [0.1, 0.15) is 0 Å². The van der Waals surface area contributed by atoms with Crippen molar-refractivity contribution in [3.05, 3.63) is 34.9 Å². The van der Waals surface area contributed by atoms with Crippen molar-refractivity contribution in [1.29, 1.82) is 0 Å². The quantitative estimate of drug-likeness (QED) is 0.842. The Morgan fingerprint density at radius 3 is 3.06 bits per heavy atom. The second-order valence-electron chi connectivity index (χ2n) is 5.58. The monoisotopic (exact) mass is 265 g/mol. The molecule has 0 aromatic heterocycles. The van der Waals surface area contributed by atoms with E-state index in [4.69, 9.17) is 16.3 Å². The summed E-state index contributed by atoms with van der Waals surface area (Å²) in [6.07, 6.45) is 3.69. The van der Waals surface area contributed by atoms with E-state index >= 15 is 0 Å². The third-order valence-electron chi connectivity index (χ3n) is 4.49. The van der Waals surface area contributed by atoms with Crippen LogP contribution in [0.5, 0.6) is 0 Å². The lowest BCUT2D eigenvalue weighted by atomic mass is 9.65. The van der Waals surface area contributed by atoms with E-state index in [1.807, 2.05) is 6.07 Å². The highest BCUT2D eigenvalue weighted by Crippen LogP contribution is 2.46. The number of halogens is 1. The van der Waals surface area contributed by atoms with Crippen molar-refractivity contribution in [2.24, 2.45) is 5.41 Å². The fourth-order valence-corrected chi connectivity index (χ4v) is 3.71. The maximum Gasteiger partial charge on any atom is 0.0529 e. The third-order valence-corrected chi connectivity index (χ3v) is 4.73. The van der Waals surface area contributed by atoms with E-state index in [1.165, 1.54) is 24.8 Å². The molecule has 2 saturated heterocycles. The largest absolute Gasteiger partial charge is 0.381 e. The van der Waals surface area contributed by atoms with Crippen LogP contribution >= 0.6 is 11.6 Å². The molecule has 0 amide bonds. The molecule has 1 N–H and O–H groups in total. The van der Waals surface area contributed by atoms with Crippen LogP contribution in [0.15, 0.2) is 24.3 Å². The molecular formula is C15H20ClNO. The van der Waals surface area contributed by atoms with Gasteiger partial charge in [0.05, 0.1) is 6.61 Å². The van der Waals surface area contributed by atoms with Crippen LogP contribution in [0.1, 0.15) is 30.7 Å². The molecule has 0 radical (unpaired) electrons. The molecule has 2 aliphatic rings. The lowest BCUT2D eigenvalue weighted by Crippen LogP contribution is -2.48. The number of benzene rings is 1. The molecule has 1 aromatic rings. The normalized spacial score (nSPS) is 32.6. The van der Waals surface area contributed by atoms with Crippen LogP contribution in [0, 0.1) is 5.41 Å². The first-order valence-electron chi connectivity index (χ1n) is 6.84. The van der Waals surface area contributed by atoms with Crippen LogP contribution in [-0.4, -0.2) is 26.3 Å². The highest BCUT2D eigenvalue weighted by Gasteiger charge is 2.42. The molecular weight excluding hydrogens is 246 g/mol. The molecule has 3 heteroatoms. The van der Waals surface area contributed by atoms with Crippen LogP contribution < -0.4 is 5.32 Å². The van der Waals surface area contributed by atoms with Crippen molar-refractivity contribution in [3.8, 4) is 0 Å². The summed E-state index contributed by atoms with van der Waals surface area (Å²) in [6.45, 7) is 3.99.